The van der Waals surface area contributed by atoms with E-state index in [2.05, 4.69) is 5.32 Å². The van der Waals surface area contributed by atoms with E-state index in [0.717, 1.165) is 22.0 Å². The average Bonchev–Trinajstić information content (AvgIpc) is 3.28. The Balaban J connectivity index is 1.54. The molecule has 3 aromatic carbocycles. The van der Waals surface area contributed by atoms with Gasteiger partial charge in [-0.2, -0.15) is 0 Å². The summed E-state index contributed by atoms with van der Waals surface area (Å²) in [5.74, 6) is -0.439. The van der Waals surface area contributed by atoms with E-state index in [4.69, 9.17) is 23.2 Å². The first-order valence-corrected chi connectivity index (χ1v) is 13.1. The molecule has 0 saturated carbocycles. The molecular formula is C25H23Cl2N3O4S. The number of hydrogen-bond acceptors (Lipinski definition) is 4. The third-order valence-electron chi connectivity index (χ3n) is 5.58. The molecule has 0 bridgehead atoms. The number of carbonyl (C=O) groups excluding carboxylic acids is 2. The third kappa shape index (κ3) is 5.78. The lowest BCUT2D eigenvalue weighted by molar-refractivity contribution is -0.120. The second-order valence-electron chi connectivity index (χ2n) is 8.02. The van der Waals surface area contributed by atoms with Crippen LogP contribution in [0.5, 0.6) is 0 Å². The highest BCUT2D eigenvalue weighted by atomic mass is 35.5. The van der Waals surface area contributed by atoms with Crippen LogP contribution in [0.4, 0.5) is 11.4 Å². The zero-order valence-electron chi connectivity index (χ0n) is 18.7. The number of hydrogen-bond donors (Lipinski definition) is 1. The molecule has 1 aliphatic heterocycles. The monoisotopic (exact) mass is 531 g/mol. The number of amides is 2. The molecule has 0 spiro atoms. The van der Waals surface area contributed by atoms with Gasteiger partial charge in [-0.3, -0.25) is 13.9 Å². The molecule has 35 heavy (non-hydrogen) atoms. The Labute approximate surface area is 214 Å². The van der Waals surface area contributed by atoms with Crippen molar-refractivity contribution in [3.05, 3.63) is 88.4 Å². The fourth-order valence-electron chi connectivity index (χ4n) is 3.85. The molecule has 7 nitrogen and oxygen atoms in total. The quantitative estimate of drug-likeness (QED) is 0.459. The van der Waals surface area contributed by atoms with Gasteiger partial charge in [0.25, 0.3) is 10.0 Å². The molecule has 1 saturated heterocycles. The Morgan fingerprint density at radius 1 is 1.00 bits per heavy atom. The molecule has 10 heteroatoms. The van der Waals surface area contributed by atoms with Crippen LogP contribution in [0.25, 0.3) is 0 Å². The van der Waals surface area contributed by atoms with Gasteiger partial charge in [-0.15, -0.1) is 0 Å². The normalized spacial score (nSPS) is 13.7. The van der Waals surface area contributed by atoms with E-state index in [0.29, 0.717) is 18.0 Å². The second kappa shape index (κ2) is 10.7. The highest BCUT2D eigenvalue weighted by Gasteiger charge is 2.29. The topological polar surface area (TPSA) is 86.8 Å². The van der Waals surface area contributed by atoms with Gasteiger partial charge in [-0.25, -0.2) is 8.42 Å². The van der Waals surface area contributed by atoms with Gasteiger partial charge in [0, 0.05) is 30.2 Å². The fourth-order valence-corrected chi connectivity index (χ4v) is 5.87. The Morgan fingerprint density at radius 3 is 2.46 bits per heavy atom. The van der Waals surface area contributed by atoms with Crippen LogP contribution in [0.15, 0.2) is 77.7 Å². The van der Waals surface area contributed by atoms with Gasteiger partial charge >= 0.3 is 0 Å². The first-order chi connectivity index (χ1) is 16.8. The Hall–Kier alpha value is -3.07. The number of halogens is 2. The SMILES string of the molecule is O=C(CN(c1ccc(Cl)cc1Cl)S(=O)(=O)c1ccccc1)NCc1cccc(N2CCCC2=O)c1. The zero-order chi connectivity index (χ0) is 25.0. The van der Waals surface area contributed by atoms with Gasteiger partial charge in [-0.1, -0.05) is 53.5 Å². The fraction of sp³-hybridized carbons (Fsp3) is 0.200. The molecule has 1 N–H and O–H groups in total. The molecular weight excluding hydrogens is 509 g/mol. The molecule has 0 unspecified atom stereocenters. The van der Waals surface area contributed by atoms with Gasteiger partial charge in [0.1, 0.15) is 6.54 Å². The standard InChI is InChI=1S/C25H23Cl2N3O4S/c26-19-11-12-23(22(27)15-19)30(35(33,34)21-8-2-1-3-9-21)17-24(31)28-16-18-6-4-7-20(14-18)29-13-5-10-25(29)32/h1-4,6-9,11-12,14-15H,5,10,13,16-17H2,(H,28,31). The van der Waals surface area contributed by atoms with Crippen LogP contribution in [-0.4, -0.2) is 33.3 Å². The van der Waals surface area contributed by atoms with Gasteiger partial charge in [0.15, 0.2) is 0 Å². The first-order valence-electron chi connectivity index (χ1n) is 10.9. The van der Waals surface area contributed by atoms with Crippen molar-refractivity contribution >= 4 is 56.4 Å². The number of rotatable bonds is 8. The summed E-state index contributed by atoms with van der Waals surface area (Å²) in [5, 5.41) is 3.21. The summed E-state index contributed by atoms with van der Waals surface area (Å²) in [6.07, 6.45) is 1.35. The van der Waals surface area contributed by atoms with Crippen molar-refractivity contribution < 1.29 is 18.0 Å². The van der Waals surface area contributed by atoms with Crippen molar-refractivity contribution in [3.8, 4) is 0 Å². The minimum atomic E-state index is -4.09. The smallest absolute Gasteiger partial charge is 0.264 e. The number of benzene rings is 3. The maximum absolute atomic E-state index is 13.4. The lowest BCUT2D eigenvalue weighted by Crippen LogP contribution is -2.40. The predicted octanol–water partition coefficient (Wildman–Crippen LogP) is 4.63. The second-order valence-corrected chi connectivity index (χ2v) is 10.7. The van der Waals surface area contributed by atoms with E-state index in [-0.39, 0.29) is 28.1 Å². The van der Waals surface area contributed by atoms with Gasteiger partial charge in [0.05, 0.1) is 15.6 Å². The van der Waals surface area contributed by atoms with Crippen molar-refractivity contribution in [3.63, 3.8) is 0 Å². The lowest BCUT2D eigenvalue weighted by atomic mass is 10.2. The van der Waals surface area contributed by atoms with Crippen LogP contribution in [0, 0.1) is 0 Å². The van der Waals surface area contributed by atoms with E-state index < -0.39 is 22.5 Å². The average molecular weight is 532 g/mol. The van der Waals surface area contributed by atoms with E-state index in [1.165, 1.54) is 30.3 Å². The van der Waals surface area contributed by atoms with E-state index >= 15 is 0 Å². The minimum absolute atomic E-state index is 0.0294. The molecule has 182 valence electrons. The minimum Gasteiger partial charge on any atom is -0.350 e. The van der Waals surface area contributed by atoms with E-state index in [9.17, 15) is 18.0 Å². The summed E-state index contributed by atoms with van der Waals surface area (Å²) in [6.45, 7) is 0.355. The number of nitrogens with zero attached hydrogens (tertiary/aromatic N) is 2. The molecule has 4 rings (SSSR count). The van der Waals surface area contributed by atoms with Crippen molar-refractivity contribution in [2.45, 2.75) is 24.3 Å². The molecule has 0 aromatic heterocycles. The lowest BCUT2D eigenvalue weighted by Gasteiger charge is -2.25. The number of nitrogens with one attached hydrogen (secondary N) is 1. The van der Waals surface area contributed by atoms with Crippen molar-refractivity contribution in [2.75, 3.05) is 22.3 Å². The molecule has 0 radical (unpaired) electrons. The summed E-state index contributed by atoms with van der Waals surface area (Å²) < 4.78 is 27.8. The highest BCUT2D eigenvalue weighted by molar-refractivity contribution is 7.92. The van der Waals surface area contributed by atoms with Gasteiger partial charge in [0.2, 0.25) is 11.8 Å². The van der Waals surface area contributed by atoms with Crippen LogP contribution < -0.4 is 14.5 Å². The first kappa shape index (κ1) is 25.0. The van der Waals surface area contributed by atoms with Gasteiger partial charge < -0.3 is 10.2 Å². The molecule has 0 aliphatic carbocycles. The van der Waals surface area contributed by atoms with Crippen LogP contribution in [0.2, 0.25) is 10.0 Å². The summed E-state index contributed by atoms with van der Waals surface area (Å²) >= 11 is 12.3. The third-order valence-corrected chi connectivity index (χ3v) is 7.89. The van der Waals surface area contributed by atoms with Crippen LogP contribution in [0.3, 0.4) is 0 Å². The maximum Gasteiger partial charge on any atom is 0.264 e. The zero-order valence-corrected chi connectivity index (χ0v) is 21.0. The molecule has 3 aromatic rings. The Bertz CT molecular complexity index is 1350. The van der Waals surface area contributed by atoms with Crippen LogP contribution >= 0.6 is 23.2 Å². The maximum atomic E-state index is 13.4. The summed E-state index contributed by atoms with van der Waals surface area (Å²) in [5.41, 5.74) is 1.71. The highest BCUT2D eigenvalue weighted by Crippen LogP contribution is 2.32. The Kier molecular flexibility index (Phi) is 7.64. The van der Waals surface area contributed by atoms with Gasteiger partial charge in [-0.05, 0) is 54.4 Å². The van der Waals surface area contributed by atoms with Crippen LogP contribution in [0.1, 0.15) is 18.4 Å². The van der Waals surface area contributed by atoms with E-state index in [1.54, 1.807) is 23.1 Å². The molecule has 2 amide bonds. The number of carbonyl (C=O) groups is 2. The molecule has 1 aliphatic rings. The summed E-state index contributed by atoms with van der Waals surface area (Å²) in [6, 6.07) is 19.6. The summed E-state index contributed by atoms with van der Waals surface area (Å²) in [7, 11) is -4.09. The molecule has 1 heterocycles. The Morgan fingerprint density at radius 2 is 1.77 bits per heavy atom. The number of sulfonamides is 1. The largest absolute Gasteiger partial charge is 0.350 e. The van der Waals surface area contributed by atoms with E-state index in [1.807, 2.05) is 24.3 Å². The van der Waals surface area contributed by atoms with Crippen LogP contribution in [-0.2, 0) is 26.2 Å². The van der Waals surface area contributed by atoms with Crippen molar-refractivity contribution in [2.24, 2.45) is 0 Å². The molecule has 0 atom stereocenters. The van der Waals surface area contributed by atoms with Crippen molar-refractivity contribution in [1.29, 1.82) is 0 Å². The number of anilines is 2. The molecule has 1 fully saturated rings. The summed E-state index contributed by atoms with van der Waals surface area (Å²) in [4.78, 5) is 26.7. The predicted molar refractivity (Wildman–Crippen MR) is 137 cm³/mol. The van der Waals surface area contributed by atoms with Crippen molar-refractivity contribution in [1.82, 2.24) is 5.32 Å².